The largest absolute Gasteiger partial charge is 0.390 e. The lowest BCUT2D eigenvalue weighted by Crippen LogP contribution is -2.36. The minimum Gasteiger partial charge on any atom is -0.316 e. The van der Waals surface area contributed by atoms with Crippen molar-refractivity contribution in [2.24, 2.45) is 0 Å². The zero-order valence-corrected chi connectivity index (χ0v) is 11.8. The second kappa shape index (κ2) is 6.51. The number of hydrogen-bond donors (Lipinski definition) is 2. The molecule has 20 heavy (non-hydrogen) atoms. The van der Waals surface area contributed by atoms with Crippen molar-refractivity contribution in [1.82, 2.24) is 15.0 Å². The summed E-state index contributed by atoms with van der Waals surface area (Å²) in [7, 11) is -2.32. The molecule has 0 saturated carbocycles. The molecule has 0 spiro atoms. The number of halogens is 3. The highest BCUT2D eigenvalue weighted by Crippen LogP contribution is 2.22. The molecule has 5 nitrogen and oxygen atoms in total. The van der Waals surface area contributed by atoms with Gasteiger partial charge in [-0.1, -0.05) is 6.07 Å². The van der Waals surface area contributed by atoms with Crippen LogP contribution in [0.25, 0.3) is 0 Å². The number of nitrogens with one attached hydrogen (secondary N) is 2. The van der Waals surface area contributed by atoms with Crippen LogP contribution in [-0.2, 0) is 16.6 Å². The Morgan fingerprint density at radius 1 is 1.35 bits per heavy atom. The molecule has 1 aromatic heterocycles. The van der Waals surface area contributed by atoms with Gasteiger partial charge in [-0.15, -0.1) is 0 Å². The molecule has 0 amide bonds. The quantitative estimate of drug-likeness (QED) is 0.833. The number of rotatable bonds is 6. The van der Waals surface area contributed by atoms with Crippen LogP contribution in [0.15, 0.2) is 23.4 Å². The van der Waals surface area contributed by atoms with Gasteiger partial charge in [-0.3, -0.25) is 0 Å². The Hall–Kier alpha value is -1.19. The van der Waals surface area contributed by atoms with Crippen molar-refractivity contribution >= 4 is 10.0 Å². The minimum absolute atomic E-state index is 0.300. The standard InChI is InChI=1S/C11H16F3N3O2S/c1-8(5-11(12,13)14)17-20(18,19)10-4-3-9(6-15-2)7-16-10/h3-4,7-8,15,17H,5-6H2,1-2H3. The summed E-state index contributed by atoms with van der Waals surface area (Å²) in [5.41, 5.74) is 0.773. The number of alkyl halides is 3. The third-order valence-electron chi connectivity index (χ3n) is 2.35. The van der Waals surface area contributed by atoms with E-state index in [9.17, 15) is 21.6 Å². The molecule has 0 fully saturated rings. The Balaban J connectivity index is 2.78. The molecule has 1 heterocycles. The first-order valence-electron chi connectivity index (χ1n) is 5.82. The molecular formula is C11H16F3N3O2S. The van der Waals surface area contributed by atoms with Crippen molar-refractivity contribution in [2.45, 2.75) is 37.1 Å². The van der Waals surface area contributed by atoms with Crippen LogP contribution in [0.4, 0.5) is 13.2 Å². The van der Waals surface area contributed by atoms with E-state index in [1.165, 1.54) is 12.3 Å². The normalized spacial score (nSPS) is 14.2. The molecule has 0 bridgehead atoms. The fourth-order valence-electron chi connectivity index (χ4n) is 1.59. The fraction of sp³-hybridized carbons (Fsp3) is 0.545. The molecule has 1 aromatic rings. The van der Waals surface area contributed by atoms with Gasteiger partial charge < -0.3 is 5.32 Å². The van der Waals surface area contributed by atoms with Gasteiger partial charge in [0.15, 0.2) is 5.03 Å². The van der Waals surface area contributed by atoms with Gasteiger partial charge in [0.2, 0.25) is 0 Å². The van der Waals surface area contributed by atoms with Crippen LogP contribution in [0, 0.1) is 0 Å². The fourth-order valence-corrected chi connectivity index (χ4v) is 2.77. The van der Waals surface area contributed by atoms with E-state index in [1.54, 1.807) is 13.1 Å². The monoisotopic (exact) mass is 311 g/mol. The lowest BCUT2D eigenvalue weighted by atomic mass is 10.2. The molecule has 2 N–H and O–H groups in total. The third-order valence-corrected chi connectivity index (χ3v) is 3.85. The van der Waals surface area contributed by atoms with Gasteiger partial charge in [0.25, 0.3) is 10.0 Å². The molecule has 1 unspecified atom stereocenters. The van der Waals surface area contributed by atoms with Crippen molar-refractivity contribution in [2.75, 3.05) is 7.05 Å². The van der Waals surface area contributed by atoms with E-state index in [2.05, 4.69) is 10.3 Å². The molecule has 9 heteroatoms. The second-order valence-electron chi connectivity index (χ2n) is 4.38. The molecule has 0 aliphatic rings. The Morgan fingerprint density at radius 3 is 2.45 bits per heavy atom. The Bertz CT molecular complexity index is 529. The zero-order chi connectivity index (χ0) is 15.4. The van der Waals surface area contributed by atoms with Crippen molar-refractivity contribution in [3.05, 3.63) is 23.9 Å². The predicted molar refractivity (Wildman–Crippen MR) is 67.5 cm³/mol. The Labute approximate surface area is 115 Å². The van der Waals surface area contributed by atoms with Gasteiger partial charge in [0.05, 0.1) is 6.42 Å². The van der Waals surface area contributed by atoms with Crippen LogP contribution in [0.1, 0.15) is 18.9 Å². The van der Waals surface area contributed by atoms with Gasteiger partial charge in [-0.25, -0.2) is 18.1 Å². The SMILES string of the molecule is CNCc1ccc(S(=O)(=O)NC(C)CC(F)(F)F)nc1. The molecule has 0 aliphatic carbocycles. The van der Waals surface area contributed by atoms with Crippen molar-refractivity contribution in [3.8, 4) is 0 Å². The minimum atomic E-state index is -4.42. The predicted octanol–water partition coefficient (Wildman–Crippen LogP) is 1.42. The van der Waals surface area contributed by atoms with Gasteiger partial charge in [-0.05, 0) is 25.6 Å². The number of aromatic nitrogens is 1. The highest BCUT2D eigenvalue weighted by molar-refractivity contribution is 7.89. The molecular weight excluding hydrogens is 295 g/mol. The number of pyridine rings is 1. The maximum Gasteiger partial charge on any atom is 0.390 e. The molecule has 0 saturated heterocycles. The lowest BCUT2D eigenvalue weighted by molar-refractivity contribution is -0.137. The second-order valence-corrected chi connectivity index (χ2v) is 6.04. The molecule has 0 aromatic carbocycles. The summed E-state index contributed by atoms with van der Waals surface area (Å²) in [4.78, 5) is 3.75. The van der Waals surface area contributed by atoms with Crippen molar-refractivity contribution in [1.29, 1.82) is 0 Å². The topological polar surface area (TPSA) is 71.1 Å². The molecule has 0 aliphatic heterocycles. The van der Waals surface area contributed by atoms with Crippen LogP contribution < -0.4 is 10.0 Å². The summed E-state index contributed by atoms with van der Waals surface area (Å²) in [6.07, 6.45) is -4.30. The summed E-state index contributed by atoms with van der Waals surface area (Å²) in [6, 6.07) is 1.56. The van der Waals surface area contributed by atoms with E-state index in [0.717, 1.165) is 12.5 Å². The number of nitrogens with zero attached hydrogens (tertiary/aromatic N) is 1. The first-order chi connectivity index (χ1) is 9.14. The first-order valence-corrected chi connectivity index (χ1v) is 7.31. The smallest absolute Gasteiger partial charge is 0.316 e. The molecule has 1 atom stereocenters. The number of hydrogen-bond acceptors (Lipinski definition) is 4. The number of sulfonamides is 1. The first kappa shape index (κ1) is 16.9. The van der Waals surface area contributed by atoms with E-state index >= 15 is 0 Å². The van der Waals surface area contributed by atoms with E-state index in [1.807, 2.05) is 4.72 Å². The lowest BCUT2D eigenvalue weighted by Gasteiger charge is -2.15. The summed E-state index contributed by atoms with van der Waals surface area (Å²) < 4.78 is 62.1. The maximum atomic E-state index is 12.2. The molecule has 114 valence electrons. The maximum absolute atomic E-state index is 12.2. The third kappa shape index (κ3) is 5.43. The average Bonchev–Trinajstić information content (AvgIpc) is 2.26. The van der Waals surface area contributed by atoms with E-state index in [4.69, 9.17) is 0 Å². The van der Waals surface area contributed by atoms with Crippen molar-refractivity contribution < 1.29 is 21.6 Å². The summed E-state index contributed by atoms with van der Waals surface area (Å²) >= 11 is 0. The molecule has 1 rings (SSSR count). The highest BCUT2D eigenvalue weighted by Gasteiger charge is 2.32. The van der Waals surface area contributed by atoms with Crippen LogP contribution in [0.3, 0.4) is 0 Å². The van der Waals surface area contributed by atoms with Gasteiger partial charge in [0, 0.05) is 18.8 Å². The van der Waals surface area contributed by atoms with Crippen molar-refractivity contribution in [3.63, 3.8) is 0 Å². The van der Waals surface area contributed by atoms with Gasteiger partial charge in [-0.2, -0.15) is 13.2 Å². The van der Waals surface area contributed by atoms with Gasteiger partial charge >= 0.3 is 6.18 Å². The van der Waals surface area contributed by atoms with E-state index in [0.29, 0.717) is 6.54 Å². The summed E-state index contributed by atoms with van der Waals surface area (Å²) in [5, 5.41) is 2.57. The Morgan fingerprint density at radius 2 is 2.00 bits per heavy atom. The highest BCUT2D eigenvalue weighted by atomic mass is 32.2. The van der Waals surface area contributed by atoms with Crippen LogP contribution in [-0.4, -0.2) is 32.7 Å². The van der Waals surface area contributed by atoms with Crippen LogP contribution in [0.2, 0.25) is 0 Å². The van der Waals surface area contributed by atoms with E-state index < -0.39 is 28.7 Å². The van der Waals surface area contributed by atoms with Crippen LogP contribution >= 0.6 is 0 Å². The van der Waals surface area contributed by atoms with Gasteiger partial charge in [0.1, 0.15) is 0 Å². The summed E-state index contributed by atoms with van der Waals surface area (Å²) in [6.45, 7) is 1.67. The van der Waals surface area contributed by atoms with E-state index in [-0.39, 0.29) is 5.03 Å². The van der Waals surface area contributed by atoms with Crippen LogP contribution in [0.5, 0.6) is 0 Å². The average molecular weight is 311 g/mol. The molecule has 0 radical (unpaired) electrons. The summed E-state index contributed by atoms with van der Waals surface area (Å²) in [5.74, 6) is 0. The zero-order valence-electron chi connectivity index (χ0n) is 11.0. The Kier molecular flexibility index (Phi) is 5.49.